The molecule has 0 bridgehead atoms. The van der Waals surface area contributed by atoms with Gasteiger partial charge in [-0.05, 0) is 48.9 Å². The van der Waals surface area contributed by atoms with Gasteiger partial charge in [-0.3, -0.25) is 0 Å². The minimum atomic E-state index is -0.633. The Morgan fingerprint density at radius 1 is 1.39 bits per heavy atom. The van der Waals surface area contributed by atoms with Crippen molar-refractivity contribution in [3.8, 4) is 0 Å². The minimum Gasteiger partial charge on any atom is -0.389 e. The number of rotatable bonds is 3. The molecule has 1 aliphatic carbocycles. The zero-order valence-corrected chi connectivity index (χ0v) is 11.4. The van der Waals surface area contributed by atoms with E-state index in [-0.39, 0.29) is 5.82 Å². The molecule has 1 fully saturated rings. The largest absolute Gasteiger partial charge is 0.389 e. The molecule has 2 atom stereocenters. The van der Waals surface area contributed by atoms with Gasteiger partial charge in [-0.2, -0.15) is 0 Å². The molecule has 0 amide bonds. The van der Waals surface area contributed by atoms with Gasteiger partial charge in [0.05, 0.1) is 5.60 Å². The van der Waals surface area contributed by atoms with Crippen LogP contribution in [-0.4, -0.2) is 10.7 Å². The molecule has 2 unspecified atom stereocenters. The van der Waals surface area contributed by atoms with Gasteiger partial charge in [-0.15, -0.1) is 0 Å². The highest BCUT2D eigenvalue weighted by atomic mass is 19.1. The van der Waals surface area contributed by atoms with Crippen LogP contribution in [0.5, 0.6) is 0 Å². The van der Waals surface area contributed by atoms with Crippen LogP contribution in [0.4, 0.5) is 4.39 Å². The molecule has 100 valence electrons. The van der Waals surface area contributed by atoms with Crippen LogP contribution in [0.25, 0.3) is 0 Å². The lowest BCUT2D eigenvalue weighted by molar-refractivity contribution is -0.0492. The van der Waals surface area contributed by atoms with Gasteiger partial charge in [0.1, 0.15) is 5.82 Å². The third-order valence-corrected chi connectivity index (χ3v) is 4.47. The van der Waals surface area contributed by atoms with E-state index in [4.69, 9.17) is 0 Å². The number of halogens is 1. The van der Waals surface area contributed by atoms with E-state index in [2.05, 4.69) is 6.92 Å². The summed E-state index contributed by atoms with van der Waals surface area (Å²) in [6, 6.07) is 4.87. The summed E-state index contributed by atoms with van der Waals surface area (Å²) >= 11 is 0. The van der Waals surface area contributed by atoms with Crippen molar-refractivity contribution in [1.29, 1.82) is 0 Å². The summed E-state index contributed by atoms with van der Waals surface area (Å²) < 4.78 is 13.3. The Morgan fingerprint density at radius 2 is 2.17 bits per heavy atom. The maximum absolute atomic E-state index is 13.3. The molecular formula is C16H23FO. The van der Waals surface area contributed by atoms with E-state index in [0.717, 1.165) is 36.8 Å². The van der Waals surface area contributed by atoms with Gasteiger partial charge in [-0.1, -0.05) is 32.3 Å². The smallest absolute Gasteiger partial charge is 0.123 e. The molecule has 0 radical (unpaired) electrons. The molecule has 0 aliphatic heterocycles. The van der Waals surface area contributed by atoms with Gasteiger partial charge < -0.3 is 5.11 Å². The second-order valence-electron chi connectivity index (χ2n) is 5.70. The molecule has 0 spiro atoms. The number of hydrogen-bond donors (Lipinski definition) is 1. The fourth-order valence-corrected chi connectivity index (χ4v) is 3.27. The molecular weight excluding hydrogens is 227 g/mol. The minimum absolute atomic E-state index is 0.206. The quantitative estimate of drug-likeness (QED) is 0.859. The second kappa shape index (κ2) is 5.40. The Labute approximate surface area is 109 Å². The molecule has 18 heavy (non-hydrogen) atoms. The number of aryl methyl sites for hydroxylation is 1. The fraction of sp³-hybridized carbons (Fsp3) is 0.625. The van der Waals surface area contributed by atoms with Gasteiger partial charge >= 0.3 is 0 Å². The molecule has 1 aromatic rings. The van der Waals surface area contributed by atoms with Crippen molar-refractivity contribution in [2.24, 2.45) is 5.92 Å². The molecule has 0 saturated heterocycles. The van der Waals surface area contributed by atoms with E-state index in [9.17, 15) is 9.50 Å². The highest BCUT2D eigenvalue weighted by Crippen LogP contribution is 2.38. The summed E-state index contributed by atoms with van der Waals surface area (Å²) in [5.41, 5.74) is 1.40. The molecule has 1 nitrogen and oxygen atoms in total. The lowest BCUT2D eigenvalue weighted by Gasteiger charge is -2.40. The first-order chi connectivity index (χ1) is 8.55. The lowest BCUT2D eigenvalue weighted by Crippen LogP contribution is -2.42. The molecule has 1 N–H and O–H groups in total. The van der Waals surface area contributed by atoms with Crippen molar-refractivity contribution < 1.29 is 9.50 Å². The Hall–Kier alpha value is -0.890. The van der Waals surface area contributed by atoms with Gasteiger partial charge in [0.2, 0.25) is 0 Å². The fourth-order valence-electron chi connectivity index (χ4n) is 3.27. The molecule has 1 aromatic carbocycles. The monoisotopic (exact) mass is 250 g/mol. The molecule has 0 aromatic heterocycles. The number of benzene rings is 1. The van der Waals surface area contributed by atoms with Crippen LogP contribution in [0, 0.1) is 18.7 Å². The van der Waals surface area contributed by atoms with Crippen LogP contribution < -0.4 is 0 Å². The van der Waals surface area contributed by atoms with E-state index in [1.807, 2.05) is 6.92 Å². The van der Waals surface area contributed by atoms with E-state index in [1.54, 1.807) is 12.1 Å². The second-order valence-corrected chi connectivity index (χ2v) is 5.70. The van der Waals surface area contributed by atoms with Crippen LogP contribution in [0.2, 0.25) is 0 Å². The third-order valence-electron chi connectivity index (χ3n) is 4.47. The SMILES string of the molecule is CCC1CCCCC1(O)Cc1cc(F)ccc1C. The summed E-state index contributed by atoms with van der Waals surface area (Å²) in [7, 11) is 0. The van der Waals surface area contributed by atoms with Crippen LogP contribution in [0.1, 0.15) is 50.2 Å². The van der Waals surface area contributed by atoms with E-state index in [1.165, 1.54) is 12.5 Å². The summed E-state index contributed by atoms with van der Waals surface area (Å²) in [5, 5.41) is 10.9. The van der Waals surface area contributed by atoms with Gasteiger partial charge in [0.25, 0.3) is 0 Å². The van der Waals surface area contributed by atoms with Crippen LogP contribution >= 0.6 is 0 Å². The van der Waals surface area contributed by atoms with Crippen molar-refractivity contribution in [3.63, 3.8) is 0 Å². The van der Waals surface area contributed by atoms with Crippen molar-refractivity contribution in [3.05, 3.63) is 35.1 Å². The molecule has 1 aliphatic rings. The number of hydrogen-bond acceptors (Lipinski definition) is 1. The lowest BCUT2D eigenvalue weighted by atomic mass is 9.71. The van der Waals surface area contributed by atoms with Crippen LogP contribution in [0.15, 0.2) is 18.2 Å². The zero-order chi connectivity index (χ0) is 13.2. The maximum atomic E-state index is 13.3. The Balaban J connectivity index is 2.22. The first-order valence-electron chi connectivity index (χ1n) is 7.02. The predicted molar refractivity (Wildman–Crippen MR) is 72.0 cm³/mol. The van der Waals surface area contributed by atoms with Crippen LogP contribution in [0.3, 0.4) is 0 Å². The zero-order valence-electron chi connectivity index (χ0n) is 11.4. The highest BCUT2D eigenvalue weighted by Gasteiger charge is 2.37. The standard InChI is InChI=1S/C16H23FO/c1-3-14-6-4-5-9-16(14,18)11-13-10-15(17)8-7-12(13)2/h7-8,10,14,18H,3-6,9,11H2,1-2H3. The topological polar surface area (TPSA) is 20.2 Å². The summed E-state index contributed by atoms with van der Waals surface area (Å²) in [4.78, 5) is 0. The Morgan fingerprint density at radius 3 is 2.89 bits per heavy atom. The average molecular weight is 250 g/mol. The van der Waals surface area contributed by atoms with E-state index < -0.39 is 5.60 Å². The molecule has 2 rings (SSSR count). The predicted octanol–water partition coefficient (Wildman–Crippen LogP) is 4.01. The van der Waals surface area contributed by atoms with Crippen molar-refractivity contribution >= 4 is 0 Å². The summed E-state index contributed by atoms with van der Waals surface area (Å²) in [6.45, 7) is 4.13. The maximum Gasteiger partial charge on any atom is 0.123 e. The molecule has 1 saturated carbocycles. The summed E-state index contributed by atoms with van der Waals surface area (Å²) in [5.74, 6) is 0.150. The molecule has 2 heteroatoms. The Kier molecular flexibility index (Phi) is 4.06. The van der Waals surface area contributed by atoms with E-state index >= 15 is 0 Å². The Bertz CT molecular complexity index is 416. The van der Waals surface area contributed by atoms with Gasteiger partial charge in [-0.25, -0.2) is 4.39 Å². The first-order valence-corrected chi connectivity index (χ1v) is 7.02. The highest BCUT2D eigenvalue weighted by molar-refractivity contribution is 5.28. The van der Waals surface area contributed by atoms with Gasteiger partial charge in [0, 0.05) is 6.42 Å². The normalized spacial score (nSPS) is 28.3. The summed E-state index contributed by atoms with van der Waals surface area (Å²) in [6.07, 6.45) is 5.84. The third kappa shape index (κ3) is 2.74. The number of aliphatic hydroxyl groups is 1. The van der Waals surface area contributed by atoms with Crippen molar-refractivity contribution in [1.82, 2.24) is 0 Å². The first kappa shape index (κ1) is 13.5. The van der Waals surface area contributed by atoms with Crippen molar-refractivity contribution in [2.45, 2.75) is 58.0 Å². The van der Waals surface area contributed by atoms with Gasteiger partial charge in [0.15, 0.2) is 0 Å². The van der Waals surface area contributed by atoms with E-state index in [0.29, 0.717) is 12.3 Å². The average Bonchev–Trinajstić information content (AvgIpc) is 2.34. The molecule has 0 heterocycles. The van der Waals surface area contributed by atoms with Crippen LogP contribution in [-0.2, 0) is 6.42 Å². The van der Waals surface area contributed by atoms with Crippen molar-refractivity contribution in [2.75, 3.05) is 0 Å².